The molecular weight excluding hydrogens is 551 g/mol. The number of rotatable bonds is 4. The molecule has 10 heteroatoms. The van der Waals surface area contributed by atoms with Crippen molar-refractivity contribution in [1.29, 1.82) is 0 Å². The van der Waals surface area contributed by atoms with E-state index in [-0.39, 0.29) is 36.4 Å². The molecule has 0 N–H and O–H groups in total. The molecule has 184 valence electrons. The number of allylic oxidation sites excluding steroid dienone is 1. The number of ether oxygens (including phenoxy) is 1. The number of alkyl halides is 3. The molecule has 2 aliphatic rings. The number of esters is 1. The molecule has 0 heterocycles. The molecule has 2 aliphatic carbocycles. The lowest BCUT2D eigenvalue weighted by atomic mass is 9.64. The van der Waals surface area contributed by atoms with E-state index in [1.165, 1.54) is 24.3 Å². The first kappa shape index (κ1) is 25.4. The number of benzene rings is 2. The number of anilines is 1. The van der Waals surface area contributed by atoms with Gasteiger partial charge in [0.1, 0.15) is 11.8 Å². The Morgan fingerprint density at radius 3 is 2.37 bits per heavy atom. The summed E-state index contributed by atoms with van der Waals surface area (Å²) in [6, 6.07) is 10.7. The van der Waals surface area contributed by atoms with Crippen molar-refractivity contribution in [2.75, 3.05) is 12.0 Å². The van der Waals surface area contributed by atoms with Crippen LogP contribution in [0.3, 0.4) is 0 Å². The average Bonchev–Trinajstić information content (AvgIpc) is 3.09. The fourth-order valence-corrected chi connectivity index (χ4v) is 6.24. The Morgan fingerprint density at radius 1 is 1.11 bits per heavy atom. The summed E-state index contributed by atoms with van der Waals surface area (Å²) >= 11 is 9.64. The molecule has 0 aromatic heterocycles. The quantitative estimate of drug-likeness (QED) is 0.323. The first-order valence-corrected chi connectivity index (χ1v) is 11.9. The van der Waals surface area contributed by atoms with Gasteiger partial charge in [0.15, 0.2) is 0 Å². The van der Waals surface area contributed by atoms with Crippen molar-refractivity contribution in [3.8, 4) is 0 Å². The number of nitrogens with zero attached hydrogens (tertiary/aromatic N) is 1. The molecule has 35 heavy (non-hydrogen) atoms. The van der Waals surface area contributed by atoms with Crippen LogP contribution < -0.4 is 4.90 Å². The minimum absolute atomic E-state index is 0.109. The second-order valence-corrected chi connectivity index (χ2v) is 9.97. The first-order chi connectivity index (χ1) is 16.5. The molecule has 2 aromatic carbocycles. The second-order valence-electron chi connectivity index (χ2n) is 8.68. The van der Waals surface area contributed by atoms with Gasteiger partial charge in [0, 0.05) is 26.2 Å². The molecule has 0 unspecified atom stereocenters. The lowest BCUT2D eigenvalue weighted by Crippen LogP contribution is -2.63. The number of aldehydes is 1. The third kappa shape index (κ3) is 4.18. The number of fused-ring (bicyclic) bond motifs is 2. The van der Waals surface area contributed by atoms with E-state index in [1.54, 1.807) is 12.1 Å². The summed E-state index contributed by atoms with van der Waals surface area (Å²) in [7, 11) is 1.08. The summed E-state index contributed by atoms with van der Waals surface area (Å²) in [5.74, 6) is -3.12. The maximum absolute atomic E-state index is 13.8. The third-order valence-corrected chi connectivity index (χ3v) is 8.13. The van der Waals surface area contributed by atoms with Crippen LogP contribution in [0.5, 0.6) is 0 Å². The summed E-state index contributed by atoms with van der Waals surface area (Å²) < 4.78 is 47.1. The Bertz CT molecular complexity index is 1240. The lowest BCUT2D eigenvalue weighted by Gasteiger charge is -2.49. The monoisotopic (exact) mass is 569 g/mol. The topological polar surface area (TPSA) is 63.7 Å². The molecule has 0 atom stereocenters. The predicted molar refractivity (Wildman–Crippen MR) is 129 cm³/mol. The molecule has 2 aromatic rings. The highest BCUT2D eigenvalue weighted by atomic mass is 79.9. The van der Waals surface area contributed by atoms with Crippen LogP contribution >= 0.6 is 27.5 Å². The van der Waals surface area contributed by atoms with Gasteiger partial charge in [-0.15, -0.1) is 0 Å². The minimum atomic E-state index is -5.24. The average molecular weight is 571 g/mol. The number of carbonyl (C=O) groups is 3. The van der Waals surface area contributed by atoms with Gasteiger partial charge in [0.25, 0.3) is 0 Å². The smallest absolute Gasteiger partial charge is 0.467 e. The number of hydrogen-bond donors (Lipinski definition) is 0. The van der Waals surface area contributed by atoms with Crippen LogP contribution in [-0.2, 0) is 19.7 Å². The molecule has 0 aliphatic heterocycles. The molecule has 5 nitrogen and oxygen atoms in total. The van der Waals surface area contributed by atoms with Crippen molar-refractivity contribution >= 4 is 57.5 Å². The zero-order valence-corrected chi connectivity index (χ0v) is 20.8. The highest BCUT2D eigenvalue weighted by Crippen LogP contribution is 2.56. The fourth-order valence-electron chi connectivity index (χ4n) is 5.20. The SMILES string of the molecule is COC(=O)C1(N(C(=O)C(F)(F)F)c2cccc(Cl)c2)CCC2(CC1)C(Br)=Cc1ccc(C=O)cc12. The van der Waals surface area contributed by atoms with Gasteiger partial charge in [-0.1, -0.05) is 45.7 Å². The molecule has 1 fully saturated rings. The van der Waals surface area contributed by atoms with E-state index >= 15 is 0 Å². The summed E-state index contributed by atoms with van der Waals surface area (Å²) in [4.78, 5) is 37.8. The van der Waals surface area contributed by atoms with E-state index < -0.39 is 29.0 Å². The largest absolute Gasteiger partial charge is 0.471 e. The van der Waals surface area contributed by atoms with E-state index in [4.69, 9.17) is 16.3 Å². The van der Waals surface area contributed by atoms with Crippen molar-refractivity contribution in [2.45, 2.75) is 42.8 Å². The van der Waals surface area contributed by atoms with Crippen LogP contribution in [0.4, 0.5) is 18.9 Å². The van der Waals surface area contributed by atoms with Crippen LogP contribution in [0.1, 0.15) is 47.2 Å². The second kappa shape index (κ2) is 9.09. The van der Waals surface area contributed by atoms with Crippen LogP contribution in [0.25, 0.3) is 6.08 Å². The zero-order valence-electron chi connectivity index (χ0n) is 18.5. The molecule has 4 rings (SSSR count). The highest BCUT2D eigenvalue weighted by molar-refractivity contribution is 9.11. The Labute approximate surface area is 213 Å². The number of hydrogen-bond acceptors (Lipinski definition) is 4. The molecule has 1 saturated carbocycles. The summed E-state index contributed by atoms with van der Waals surface area (Å²) in [5.41, 5.74) is -0.500. The van der Waals surface area contributed by atoms with Gasteiger partial charge in [-0.25, -0.2) is 4.79 Å². The van der Waals surface area contributed by atoms with Crippen molar-refractivity contribution in [2.24, 2.45) is 0 Å². The zero-order chi connectivity index (χ0) is 25.6. The van der Waals surface area contributed by atoms with Crippen molar-refractivity contribution in [3.05, 3.63) is 68.7 Å². The molecule has 0 radical (unpaired) electrons. The van der Waals surface area contributed by atoms with E-state index in [2.05, 4.69) is 15.9 Å². The summed E-state index contributed by atoms with van der Waals surface area (Å²) in [6.07, 6.45) is -2.36. The third-order valence-electron chi connectivity index (χ3n) is 6.90. The van der Waals surface area contributed by atoms with Gasteiger partial charge in [-0.2, -0.15) is 13.2 Å². The summed E-state index contributed by atoms with van der Waals surface area (Å²) in [6.45, 7) is 0. The Morgan fingerprint density at radius 2 is 1.80 bits per heavy atom. The molecular formula is C25H20BrClF3NO4. The van der Waals surface area contributed by atoms with Crippen molar-refractivity contribution in [3.63, 3.8) is 0 Å². The van der Waals surface area contributed by atoms with Gasteiger partial charge >= 0.3 is 18.1 Å². The molecule has 1 amide bonds. The lowest BCUT2D eigenvalue weighted by molar-refractivity contribution is -0.174. The Balaban J connectivity index is 1.82. The van der Waals surface area contributed by atoms with Gasteiger partial charge in [0.05, 0.1) is 7.11 Å². The molecule has 0 saturated heterocycles. The molecule has 1 spiro atoms. The van der Waals surface area contributed by atoms with Gasteiger partial charge in [0.2, 0.25) is 0 Å². The Hall–Kier alpha value is -2.65. The maximum Gasteiger partial charge on any atom is 0.471 e. The van der Waals surface area contributed by atoms with Crippen LogP contribution in [0.15, 0.2) is 46.9 Å². The van der Waals surface area contributed by atoms with Crippen LogP contribution in [0.2, 0.25) is 5.02 Å². The van der Waals surface area contributed by atoms with Gasteiger partial charge in [-0.05, 0) is 67.2 Å². The number of carbonyl (C=O) groups excluding carboxylic acids is 3. The van der Waals surface area contributed by atoms with Crippen LogP contribution in [0, 0.1) is 0 Å². The maximum atomic E-state index is 13.8. The minimum Gasteiger partial charge on any atom is -0.467 e. The van der Waals surface area contributed by atoms with Crippen molar-refractivity contribution in [1.82, 2.24) is 0 Å². The first-order valence-electron chi connectivity index (χ1n) is 10.7. The highest BCUT2D eigenvalue weighted by Gasteiger charge is 2.59. The fraction of sp³-hybridized carbons (Fsp3) is 0.320. The van der Waals surface area contributed by atoms with E-state index in [0.717, 1.165) is 29.0 Å². The predicted octanol–water partition coefficient (Wildman–Crippen LogP) is 6.22. The van der Waals surface area contributed by atoms with Crippen molar-refractivity contribution < 1.29 is 32.3 Å². The molecule has 0 bridgehead atoms. The number of methoxy groups -OCH3 is 1. The Kier molecular flexibility index (Phi) is 6.61. The number of amides is 1. The normalized spacial score (nSPS) is 23.4. The van der Waals surface area contributed by atoms with Gasteiger partial charge < -0.3 is 4.74 Å². The van der Waals surface area contributed by atoms with E-state index in [9.17, 15) is 27.6 Å². The van der Waals surface area contributed by atoms with Gasteiger partial charge in [-0.3, -0.25) is 14.5 Å². The van der Waals surface area contributed by atoms with E-state index in [0.29, 0.717) is 10.5 Å². The number of halogens is 5. The van der Waals surface area contributed by atoms with Crippen LogP contribution in [-0.4, -0.2) is 37.0 Å². The standard InChI is InChI=1S/C25H20BrClF3NO4/c1-35-22(34)24(31(21(33)25(28,29)30)18-4-2-3-17(27)13-18)9-7-23(8-10-24)19-11-15(14-32)5-6-16(19)12-20(23)26/h2-6,11-14H,7-10H2,1H3. The van der Waals surface area contributed by atoms with E-state index in [1.807, 2.05) is 12.1 Å². The summed E-state index contributed by atoms with van der Waals surface area (Å²) in [5, 5.41) is 0.117.